The quantitative estimate of drug-likeness (QED) is 0.832. The Bertz CT molecular complexity index is 547. The molecule has 0 aliphatic carbocycles. The minimum Gasteiger partial charge on any atom is -0.408 e. The van der Waals surface area contributed by atoms with Gasteiger partial charge in [0.15, 0.2) is 0 Å². The van der Waals surface area contributed by atoms with Gasteiger partial charge in [-0.25, -0.2) is 0 Å². The summed E-state index contributed by atoms with van der Waals surface area (Å²) >= 11 is 0. The third-order valence-corrected chi connectivity index (χ3v) is 3.51. The Balaban J connectivity index is 1.94. The number of benzene rings is 1. The molecule has 18 heavy (non-hydrogen) atoms. The second kappa shape index (κ2) is 4.52. The van der Waals surface area contributed by atoms with Crippen LogP contribution in [-0.2, 0) is 0 Å². The molecule has 0 radical (unpaired) electrons. The van der Waals surface area contributed by atoms with E-state index in [1.165, 1.54) is 23.4 Å². The van der Waals surface area contributed by atoms with Gasteiger partial charge in [-0.15, -0.1) is 0 Å². The highest BCUT2D eigenvalue weighted by Crippen LogP contribution is 2.32. The fourth-order valence-electron chi connectivity index (χ4n) is 2.53. The first-order chi connectivity index (χ1) is 8.75. The Morgan fingerprint density at radius 3 is 2.94 bits per heavy atom. The van der Waals surface area contributed by atoms with E-state index in [-0.39, 0.29) is 6.98 Å². The van der Waals surface area contributed by atoms with Crippen LogP contribution in [0.15, 0.2) is 36.5 Å². The van der Waals surface area contributed by atoms with Crippen molar-refractivity contribution in [2.75, 3.05) is 5.23 Å². The molecule has 2 heterocycles. The molecule has 4 heteroatoms. The predicted molar refractivity (Wildman–Crippen MR) is 76.7 cm³/mol. The zero-order valence-electron chi connectivity index (χ0n) is 10.9. The number of rotatable bonds is 3. The van der Waals surface area contributed by atoms with Gasteiger partial charge in [0, 0.05) is 17.4 Å². The molecule has 0 unspecified atom stereocenters. The summed E-state index contributed by atoms with van der Waals surface area (Å²) < 4.78 is 2.12. The van der Waals surface area contributed by atoms with Gasteiger partial charge < -0.3 is 5.23 Å². The summed E-state index contributed by atoms with van der Waals surface area (Å²) in [6.07, 6.45) is 4.21. The average molecular weight is 239 g/mol. The Labute approximate surface area is 108 Å². The summed E-state index contributed by atoms with van der Waals surface area (Å²) in [7, 11) is 0. The van der Waals surface area contributed by atoms with Crippen LogP contribution in [0.3, 0.4) is 0 Å². The molecule has 2 aromatic rings. The van der Waals surface area contributed by atoms with E-state index in [1.54, 1.807) is 0 Å². The van der Waals surface area contributed by atoms with Crippen molar-refractivity contribution in [3.63, 3.8) is 0 Å². The highest BCUT2D eigenvalue weighted by molar-refractivity contribution is 6.62. The van der Waals surface area contributed by atoms with E-state index < -0.39 is 0 Å². The average Bonchev–Trinajstić information content (AvgIpc) is 2.85. The maximum absolute atomic E-state index is 4.47. The minimum absolute atomic E-state index is 0.285. The topological polar surface area (TPSA) is 29.9 Å². The fraction of sp³-hybridized carbons (Fsp3) is 0.357. The molecule has 0 saturated carbocycles. The number of hydrogen-bond acceptors (Lipinski definition) is 2. The van der Waals surface area contributed by atoms with Crippen molar-refractivity contribution < 1.29 is 0 Å². The Kier molecular flexibility index (Phi) is 2.86. The van der Waals surface area contributed by atoms with Crippen LogP contribution in [0, 0.1) is 5.92 Å². The maximum atomic E-state index is 4.47. The number of fused-ring (bicyclic) bond motifs is 3. The van der Waals surface area contributed by atoms with Gasteiger partial charge >= 0.3 is 6.98 Å². The van der Waals surface area contributed by atoms with Crippen LogP contribution in [0.25, 0.3) is 11.3 Å². The van der Waals surface area contributed by atoms with Crippen molar-refractivity contribution in [3.8, 4) is 11.3 Å². The van der Waals surface area contributed by atoms with Crippen LogP contribution < -0.4 is 5.23 Å². The Hall–Kier alpha value is -1.71. The van der Waals surface area contributed by atoms with Gasteiger partial charge in [0.2, 0.25) is 0 Å². The SMILES string of the molecule is CC(C)CCB1Nc2ccccc2-c2ccnn21. The summed E-state index contributed by atoms with van der Waals surface area (Å²) in [6.45, 7) is 4.81. The number of anilines is 1. The van der Waals surface area contributed by atoms with E-state index in [1.807, 2.05) is 6.20 Å². The lowest BCUT2D eigenvalue weighted by Crippen LogP contribution is -2.38. The normalized spacial score (nSPS) is 13.2. The first-order valence-electron chi connectivity index (χ1n) is 6.65. The van der Waals surface area contributed by atoms with Gasteiger partial charge in [0.1, 0.15) is 0 Å². The van der Waals surface area contributed by atoms with Crippen LogP contribution in [0.1, 0.15) is 20.3 Å². The fourth-order valence-corrected chi connectivity index (χ4v) is 2.53. The van der Waals surface area contributed by atoms with Gasteiger partial charge in [-0.3, -0.25) is 4.59 Å². The highest BCUT2D eigenvalue weighted by atomic mass is 15.3. The van der Waals surface area contributed by atoms with Crippen molar-refractivity contribution >= 4 is 12.7 Å². The van der Waals surface area contributed by atoms with E-state index in [4.69, 9.17) is 0 Å². The summed E-state index contributed by atoms with van der Waals surface area (Å²) in [5.41, 5.74) is 3.69. The summed E-state index contributed by atoms with van der Waals surface area (Å²) in [5.74, 6) is 0.725. The zero-order valence-corrected chi connectivity index (χ0v) is 10.9. The highest BCUT2D eigenvalue weighted by Gasteiger charge is 2.28. The molecule has 0 saturated heterocycles. The third-order valence-electron chi connectivity index (χ3n) is 3.51. The van der Waals surface area contributed by atoms with Crippen LogP contribution in [0.4, 0.5) is 5.69 Å². The molecule has 0 amide bonds. The third kappa shape index (κ3) is 1.92. The lowest BCUT2D eigenvalue weighted by atomic mass is 9.67. The molecule has 1 N–H and O–H groups in total. The molecule has 92 valence electrons. The standard InChI is InChI=1S/C14H18BN3/c1-11(2)7-9-15-17-13-6-4-3-5-12(13)14-8-10-16-18(14)15/h3-6,8,10-11,17H,7,9H2,1-2H3. The monoisotopic (exact) mass is 239 g/mol. The lowest BCUT2D eigenvalue weighted by molar-refractivity contribution is 0.619. The van der Waals surface area contributed by atoms with Gasteiger partial charge in [-0.2, -0.15) is 5.10 Å². The van der Waals surface area contributed by atoms with Crippen molar-refractivity contribution in [2.24, 2.45) is 5.92 Å². The van der Waals surface area contributed by atoms with Crippen LogP contribution in [-0.4, -0.2) is 16.7 Å². The molecule has 0 fully saturated rings. The van der Waals surface area contributed by atoms with E-state index >= 15 is 0 Å². The van der Waals surface area contributed by atoms with Crippen LogP contribution >= 0.6 is 0 Å². The molecule has 1 aromatic heterocycles. The van der Waals surface area contributed by atoms with E-state index in [2.05, 4.69) is 59.1 Å². The van der Waals surface area contributed by atoms with E-state index in [9.17, 15) is 0 Å². The van der Waals surface area contributed by atoms with Crippen molar-refractivity contribution in [2.45, 2.75) is 26.6 Å². The Morgan fingerprint density at radius 1 is 1.28 bits per heavy atom. The number of nitrogens with zero attached hydrogens (tertiary/aromatic N) is 2. The van der Waals surface area contributed by atoms with Crippen LogP contribution in [0.5, 0.6) is 0 Å². The van der Waals surface area contributed by atoms with Crippen molar-refractivity contribution in [1.82, 2.24) is 9.69 Å². The molecular weight excluding hydrogens is 221 g/mol. The number of para-hydroxylation sites is 1. The molecule has 0 spiro atoms. The van der Waals surface area contributed by atoms with E-state index in [0.29, 0.717) is 0 Å². The van der Waals surface area contributed by atoms with E-state index in [0.717, 1.165) is 12.2 Å². The minimum atomic E-state index is 0.285. The molecule has 3 rings (SSSR count). The smallest absolute Gasteiger partial charge is 0.396 e. The predicted octanol–water partition coefficient (Wildman–Crippen LogP) is 3.36. The molecule has 1 aromatic carbocycles. The number of nitrogens with one attached hydrogen (secondary N) is 1. The van der Waals surface area contributed by atoms with Gasteiger partial charge in [-0.05, 0) is 24.4 Å². The Morgan fingerprint density at radius 2 is 2.11 bits per heavy atom. The van der Waals surface area contributed by atoms with Gasteiger partial charge in [0.05, 0.1) is 5.69 Å². The first kappa shape index (κ1) is 11.4. The second-order valence-electron chi connectivity index (χ2n) is 5.34. The number of hydrogen-bond donors (Lipinski definition) is 1. The molecular formula is C14H18BN3. The summed E-state index contributed by atoms with van der Waals surface area (Å²) in [4.78, 5) is 0. The first-order valence-corrected chi connectivity index (χ1v) is 6.65. The molecule has 0 bridgehead atoms. The maximum Gasteiger partial charge on any atom is 0.396 e. The molecule has 1 aliphatic heterocycles. The second-order valence-corrected chi connectivity index (χ2v) is 5.34. The lowest BCUT2D eigenvalue weighted by Gasteiger charge is -2.26. The number of aromatic nitrogens is 2. The molecule has 3 nitrogen and oxygen atoms in total. The largest absolute Gasteiger partial charge is 0.408 e. The van der Waals surface area contributed by atoms with Crippen molar-refractivity contribution in [3.05, 3.63) is 36.5 Å². The molecule has 0 atom stereocenters. The summed E-state index contributed by atoms with van der Waals surface area (Å²) in [5, 5.41) is 8.06. The van der Waals surface area contributed by atoms with Gasteiger partial charge in [-0.1, -0.05) is 38.5 Å². The van der Waals surface area contributed by atoms with Crippen molar-refractivity contribution in [1.29, 1.82) is 0 Å². The van der Waals surface area contributed by atoms with Crippen LogP contribution in [0.2, 0.25) is 6.32 Å². The zero-order chi connectivity index (χ0) is 12.5. The molecule has 1 aliphatic rings. The van der Waals surface area contributed by atoms with Gasteiger partial charge in [0.25, 0.3) is 0 Å². The summed E-state index contributed by atoms with van der Waals surface area (Å²) in [6, 6.07) is 10.6.